The molecule has 0 aliphatic carbocycles. The van der Waals surface area contributed by atoms with Gasteiger partial charge in [0.05, 0.1) is 19.6 Å². The summed E-state index contributed by atoms with van der Waals surface area (Å²) in [6.07, 6.45) is -0.716. The molecule has 1 heterocycles. The highest BCUT2D eigenvalue weighted by Gasteiger charge is 2.39. The third kappa shape index (κ3) is 2.57. The lowest BCUT2D eigenvalue weighted by Crippen LogP contribution is -2.34. The number of ether oxygens (including phenoxy) is 2. The second-order valence-electron chi connectivity index (χ2n) is 5.30. The van der Waals surface area contributed by atoms with Crippen LogP contribution in [0, 0.1) is 5.92 Å². The summed E-state index contributed by atoms with van der Waals surface area (Å²) in [5, 5.41) is 29.1. The van der Waals surface area contributed by atoms with Crippen LogP contribution >= 0.6 is 0 Å². The third-order valence-electron chi connectivity index (χ3n) is 3.91. The van der Waals surface area contributed by atoms with Gasteiger partial charge in [0.2, 0.25) is 0 Å². The molecule has 6 heteroatoms. The van der Waals surface area contributed by atoms with Gasteiger partial charge in [0, 0.05) is 12.1 Å². The number of fused-ring (bicyclic) bond motifs is 1. The maximum atomic E-state index is 12.6. The Balaban J connectivity index is 2.05. The van der Waals surface area contributed by atoms with Crippen LogP contribution in [0.25, 0.3) is 0 Å². The maximum absolute atomic E-state index is 12.6. The monoisotopic (exact) mass is 316 g/mol. The summed E-state index contributed by atoms with van der Waals surface area (Å²) in [7, 11) is 1.55. The van der Waals surface area contributed by atoms with Gasteiger partial charge in [-0.15, -0.1) is 0 Å². The van der Waals surface area contributed by atoms with Crippen LogP contribution in [0.4, 0.5) is 0 Å². The van der Waals surface area contributed by atoms with E-state index in [1.165, 1.54) is 6.07 Å². The molecule has 6 nitrogen and oxygen atoms in total. The molecule has 1 aliphatic heterocycles. The van der Waals surface area contributed by atoms with Gasteiger partial charge in [-0.25, -0.2) is 0 Å². The molecule has 0 spiro atoms. The zero-order valence-electron chi connectivity index (χ0n) is 12.4. The number of carbonyl (C=O) groups is 1. The fourth-order valence-electron chi connectivity index (χ4n) is 2.74. The van der Waals surface area contributed by atoms with Crippen LogP contribution in [0.1, 0.15) is 22.0 Å². The number of carbonyl (C=O) groups excluding carboxylic acids is 1. The first-order chi connectivity index (χ1) is 11.0. The minimum atomic E-state index is -0.841. The number of benzene rings is 2. The summed E-state index contributed by atoms with van der Waals surface area (Å²) >= 11 is 0. The van der Waals surface area contributed by atoms with Crippen LogP contribution in [-0.2, 0) is 0 Å². The number of phenolic OH excluding ortho intramolecular Hbond substituents is 2. The Kier molecular flexibility index (Phi) is 3.83. The molecule has 120 valence electrons. The van der Waals surface area contributed by atoms with E-state index in [-0.39, 0.29) is 22.8 Å². The summed E-state index contributed by atoms with van der Waals surface area (Å²) in [5.74, 6) is -1.08. The molecule has 0 bridgehead atoms. The topological polar surface area (TPSA) is 96.2 Å². The third-order valence-corrected chi connectivity index (χ3v) is 3.91. The summed E-state index contributed by atoms with van der Waals surface area (Å²) in [6, 6.07) is 9.29. The van der Waals surface area contributed by atoms with E-state index in [0.29, 0.717) is 11.3 Å². The predicted molar refractivity (Wildman–Crippen MR) is 81.0 cm³/mol. The normalized spacial score (nSPS) is 19.8. The Morgan fingerprint density at radius 3 is 2.48 bits per heavy atom. The van der Waals surface area contributed by atoms with Gasteiger partial charge in [-0.3, -0.25) is 4.79 Å². The molecule has 1 aliphatic rings. The minimum absolute atomic E-state index is 0.0217. The number of aromatic hydroxyl groups is 2. The van der Waals surface area contributed by atoms with Gasteiger partial charge in [-0.05, 0) is 17.7 Å². The van der Waals surface area contributed by atoms with Gasteiger partial charge in [0.15, 0.2) is 5.78 Å². The lowest BCUT2D eigenvalue weighted by molar-refractivity contribution is 0.0491. The Morgan fingerprint density at radius 1 is 1.17 bits per heavy atom. The van der Waals surface area contributed by atoms with E-state index < -0.39 is 24.4 Å². The Bertz CT molecular complexity index is 737. The molecule has 3 N–H and O–H groups in total. The van der Waals surface area contributed by atoms with Crippen molar-refractivity contribution >= 4 is 5.78 Å². The first kappa shape index (κ1) is 15.2. The van der Waals surface area contributed by atoms with Crippen LogP contribution < -0.4 is 9.47 Å². The predicted octanol–water partition coefficient (Wildman–Crippen LogP) is 2.03. The van der Waals surface area contributed by atoms with Gasteiger partial charge in [0.25, 0.3) is 0 Å². The average molecular weight is 316 g/mol. The minimum Gasteiger partial charge on any atom is -0.508 e. The van der Waals surface area contributed by atoms with Gasteiger partial charge in [-0.2, -0.15) is 0 Å². The van der Waals surface area contributed by atoms with Crippen molar-refractivity contribution in [2.75, 3.05) is 13.7 Å². The fourth-order valence-corrected chi connectivity index (χ4v) is 2.74. The van der Waals surface area contributed by atoms with E-state index in [1.54, 1.807) is 31.4 Å². The zero-order valence-corrected chi connectivity index (χ0v) is 12.4. The highest BCUT2D eigenvalue weighted by atomic mass is 16.5. The molecule has 2 aromatic rings. The van der Waals surface area contributed by atoms with Gasteiger partial charge < -0.3 is 24.8 Å². The number of aliphatic hydroxyl groups is 1. The number of ketones is 1. The van der Waals surface area contributed by atoms with Gasteiger partial charge in [0.1, 0.15) is 34.7 Å². The summed E-state index contributed by atoms with van der Waals surface area (Å²) in [4.78, 5) is 12.6. The van der Waals surface area contributed by atoms with Crippen molar-refractivity contribution in [1.29, 1.82) is 0 Å². The molecule has 0 fully saturated rings. The number of hydrogen-bond donors (Lipinski definition) is 3. The van der Waals surface area contributed by atoms with E-state index in [4.69, 9.17) is 9.47 Å². The Hall–Kier alpha value is -2.73. The van der Waals surface area contributed by atoms with Crippen molar-refractivity contribution in [3.63, 3.8) is 0 Å². The summed E-state index contributed by atoms with van der Waals surface area (Å²) in [6.45, 7) is -0.421. The van der Waals surface area contributed by atoms with Crippen molar-refractivity contribution < 1.29 is 29.6 Å². The fraction of sp³-hybridized carbons (Fsp3) is 0.235. The maximum Gasteiger partial charge on any atom is 0.179 e. The first-order valence-electron chi connectivity index (χ1n) is 7.06. The van der Waals surface area contributed by atoms with Crippen molar-refractivity contribution in [2.24, 2.45) is 5.92 Å². The van der Waals surface area contributed by atoms with Crippen LogP contribution in [0.15, 0.2) is 36.4 Å². The number of aliphatic hydroxyl groups excluding tert-OH is 1. The highest BCUT2D eigenvalue weighted by Crippen LogP contribution is 2.44. The van der Waals surface area contributed by atoms with Crippen LogP contribution in [-0.4, -0.2) is 34.8 Å². The smallest absolute Gasteiger partial charge is 0.179 e. The Labute approximate surface area is 132 Å². The Morgan fingerprint density at radius 2 is 1.87 bits per heavy atom. The first-order valence-corrected chi connectivity index (χ1v) is 7.06. The molecule has 0 amide bonds. The molecule has 2 unspecified atom stereocenters. The average Bonchev–Trinajstić information content (AvgIpc) is 2.54. The molecule has 0 saturated carbocycles. The molecule has 23 heavy (non-hydrogen) atoms. The lowest BCUT2D eigenvalue weighted by atomic mass is 9.86. The molecule has 0 radical (unpaired) electrons. The SMILES string of the molecule is COc1ccc(C2Oc3cc(O)cc(O)c3C(=O)C2CO)cc1. The van der Waals surface area contributed by atoms with Gasteiger partial charge in [-0.1, -0.05) is 12.1 Å². The molecular weight excluding hydrogens is 300 g/mol. The van der Waals surface area contributed by atoms with E-state index in [1.807, 2.05) is 0 Å². The van der Waals surface area contributed by atoms with E-state index in [0.717, 1.165) is 6.07 Å². The second-order valence-corrected chi connectivity index (χ2v) is 5.30. The summed E-state index contributed by atoms with van der Waals surface area (Å²) in [5.41, 5.74) is 0.665. The molecular formula is C17H16O6. The second kappa shape index (κ2) is 5.81. The number of methoxy groups -OCH3 is 1. The largest absolute Gasteiger partial charge is 0.508 e. The van der Waals surface area contributed by atoms with Crippen LogP contribution in [0.3, 0.4) is 0 Å². The van der Waals surface area contributed by atoms with Crippen molar-refractivity contribution in [3.05, 3.63) is 47.5 Å². The van der Waals surface area contributed by atoms with Crippen LogP contribution in [0.5, 0.6) is 23.0 Å². The quantitative estimate of drug-likeness (QED) is 0.802. The zero-order chi connectivity index (χ0) is 16.6. The van der Waals surface area contributed by atoms with Gasteiger partial charge >= 0.3 is 0 Å². The lowest BCUT2D eigenvalue weighted by Gasteiger charge is -2.32. The highest BCUT2D eigenvalue weighted by molar-refractivity contribution is 6.04. The molecule has 3 rings (SSSR count). The summed E-state index contributed by atoms with van der Waals surface area (Å²) < 4.78 is 10.9. The number of Topliss-reactive ketones (excluding diaryl/α,β-unsaturated/α-hetero) is 1. The van der Waals surface area contributed by atoms with Crippen molar-refractivity contribution in [2.45, 2.75) is 6.10 Å². The van der Waals surface area contributed by atoms with E-state index in [2.05, 4.69) is 0 Å². The van der Waals surface area contributed by atoms with Crippen LogP contribution in [0.2, 0.25) is 0 Å². The van der Waals surface area contributed by atoms with Crippen molar-refractivity contribution in [3.8, 4) is 23.0 Å². The number of phenols is 2. The molecule has 0 aromatic heterocycles. The molecule has 2 atom stereocenters. The van der Waals surface area contributed by atoms with E-state index >= 15 is 0 Å². The molecule has 0 saturated heterocycles. The molecule has 2 aromatic carbocycles. The standard InChI is InChI=1S/C17H16O6/c1-22-11-4-2-9(3-5-11)17-12(8-18)16(21)15-13(20)6-10(19)7-14(15)23-17/h2-7,12,17-20H,8H2,1H3. The number of hydrogen-bond acceptors (Lipinski definition) is 6. The van der Waals surface area contributed by atoms with E-state index in [9.17, 15) is 20.1 Å². The van der Waals surface area contributed by atoms with Crippen molar-refractivity contribution in [1.82, 2.24) is 0 Å². The number of rotatable bonds is 3.